The van der Waals surface area contributed by atoms with Gasteiger partial charge in [0.1, 0.15) is 0 Å². The predicted octanol–water partition coefficient (Wildman–Crippen LogP) is 7.96. The summed E-state index contributed by atoms with van der Waals surface area (Å²) in [5.41, 5.74) is 0. The van der Waals surface area contributed by atoms with Gasteiger partial charge >= 0.3 is 0 Å². The van der Waals surface area contributed by atoms with Crippen LogP contribution in [0.15, 0.2) is 182 Å². The predicted molar refractivity (Wildman–Crippen MR) is 274 cm³/mol. The van der Waals surface area contributed by atoms with Gasteiger partial charge in [-0.2, -0.15) is 25.3 Å². The molecule has 0 amide bonds. The maximum absolute atomic E-state index is 10.8. The van der Waals surface area contributed by atoms with Crippen LogP contribution in [0.2, 0.25) is 0 Å². The molecule has 0 saturated heterocycles. The topological polar surface area (TPSA) is 180 Å². The van der Waals surface area contributed by atoms with Gasteiger partial charge in [-0.15, -0.1) is 0 Å². The van der Waals surface area contributed by atoms with Crippen molar-refractivity contribution in [1.29, 1.82) is 0 Å². The molecule has 10 nitrogen and oxygen atoms in total. The van der Waals surface area contributed by atoms with Crippen LogP contribution in [-0.4, -0.2) is 81.4 Å². The molecule has 0 fully saturated rings. The van der Waals surface area contributed by atoms with Gasteiger partial charge < -0.3 is 0 Å². The Morgan fingerprint density at radius 3 is 0.591 bits per heavy atom. The molecule has 0 aliphatic carbocycles. The Morgan fingerprint density at radius 1 is 0.303 bits per heavy atom. The van der Waals surface area contributed by atoms with E-state index in [0.717, 1.165) is 37.7 Å². The van der Waals surface area contributed by atoms with Crippen LogP contribution in [0.1, 0.15) is 38.5 Å². The quantitative estimate of drug-likeness (QED) is 0.0277. The van der Waals surface area contributed by atoms with Crippen LogP contribution >= 0.6 is 23.8 Å². The number of hydrogen-bond donors (Lipinski definition) is 3. The molecule has 0 saturated carbocycles. The van der Waals surface area contributed by atoms with Crippen LogP contribution in [0.3, 0.4) is 0 Å². The van der Waals surface area contributed by atoms with E-state index in [0.29, 0.717) is 19.3 Å². The van der Waals surface area contributed by atoms with Crippen molar-refractivity contribution in [2.24, 2.45) is 0 Å². The van der Waals surface area contributed by atoms with Crippen molar-refractivity contribution in [3.05, 3.63) is 182 Å². The van der Waals surface area contributed by atoms with E-state index in [4.69, 9.17) is 18.5 Å². The van der Waals surface area contributed by atoms with Crippen LogP contribution < -0.4 is 31.8 Å². The first-order valence-electron chi connectivity index (χ1n) is 20.9. The molecule has 66 heavy (non-hydrogen) atoms. The summed E-state index contributed by atoms with van der Waals surface area (Å²) in [5.74, 6) is -0.459. The van der Waals surface area contributed by atoms with Gasteiger partial charge in [0.15, 0.2) is 0 Å². The minimum Gasteiger partial charge on any atom is -0.286 e. The smallest absolute Gasteiger partial charge is 0.281 e. The standard InChI is InChI=1S/3C16H19O3PS.CO.Rh/c3*17-21(18,19)14-8-7-13-20(15-9-3-1-4-10-15)16-11-5-2-6-12-16;1-2;/h3*1-6,9-12H,7-8,13-14H2,(H,17,18,19);;. The molecule has 3 radical (unpaired) electrons. The summed E-state index contributed by atoms with van der Waals surface area (Å²) in [6.07, 6.45) is 6.64. The van der Waals surface area contributed by atoms with Gasteiger partial charge in [0, 0.05) is 19.5 Å². The molecule has 0 aromatic heterocycles. The van der Waals surface area contributed by atoms with Crippen LogP contribution in [-0.2, 0) is 54.6 Å². The molecular formula is C49H57O10P3RhS3. The van der Waals surface area contributed by atoms with Crippen molar-refractivity contribution in [3.63, 3.8) is 0 Å². The molecule has 6 aromatic rings. The van der Waals surface area contributed by atoms with E-state index < -0.39 is 54.1 Å². The van der Waals surface area contributed by atoms with Crippen molar-refractivity contribution in [2.75, 3.05) is 35.7 Å². The van der Waals surface area contributed by atoms with E-state index in [2.05, 4.69) is 79.6 Å². The second-order valence-electron chi connectivity index (χ2n) is 14.4. The minimum absolute atomic E-state index is 0. The van der Waals surface area contributed by atoms with Crippen molar-refractivity contribution in [2.45, 2.75) is 38.5 Å². The average molecular weight is 1100 g/mol. The molecule has 3 N–H and O–H groups in total. The molecular weight excluding hydrogens is 1040 g/mol. The maximum Gasteiger partial charge on any atom is 0.281 e. The van der Waals surface area contributed by atoms with Gasteiger partial charge in [-0.3, -0.25) is 18.5 Å². The van der Waals surface area contributed by atoms with Gasteiger partial charge in [0.05, 0.1) is 17.3 Å². The molecule has 0 heterocycles. The molecule has 0 aliphatic rings. The zero-order chi connectivity index (χ0) is 47.4. The number of carbonyl (C=O) groups excluding carboxylic acids is 1. The van der Waals surface area contributed by atoms with Crippen molar-refractivity contribution in [1.82, 2.24) is 0 Å². The van der Waals surface area contributed by atoms with Crippen LogP contribution in [0.5, 0.6) is 0 Å². The summed E-state index contributed by atoms with van der Waals surface area (Å²) in [4.78, 5) is 7.50. The Kier molecular flexibility index (Phi) is 28.8. The SMILES string of the molecule is O=S(=O)(O)CCCCP(c1ccccc1)c1ccccc1.O=S(=O)(O)CCCCP(c1ccccc1)c1ccccc1.O=S(=O)(O)CCCCP(c1ccccc1)c1ccccc1.[C]=O.[Rh]. The normalized spacial score (nSPS) is 11.2. The molecule has 0 bridgehead atoms. The zero-order valence-electron chi connectivity index (χ0n) is 36.4. The Balaban J connectivity index is 0.000000331. The van der Waals surface area contributed by atoms with Gasteiger partial charge in [-0.1, -0.05) is 182 Å². The first kappa shape index (κ1) is 58.8. The molecule has 17 heteroatoms. The largest absolute Gasteiger partial charge is 0.286 e. The minimum atomic E-state index is -3.84. The third-order valence-corrected chi connectivity index (χ3v) is 19.7. The van der Waals surface area contributed by atoms with Crippen LogP contribution in [0.25, 0.3) is 0 Å². The Bertz CT molecular complexity index is 2120. The van der Waals surface area contributed by atoms with Gasteiger partial charge in [0.25, 0.3) is 37.1 Å². The third kappa shape index (κ3) is 25.1. The maximum atomic E-state index is 10.8. The summed E-state index contributed by atoms with van der Waals surface area (Å²) in [5, 5.41) is 7.78. The molecule has 0 spiro atoms. The van der Waals surface area contributed by atoms with E-state index in [9.17, 15) is 25.3 Å². The number of unbranched alkanes of at least 4 members (excludes halogenated alkanes) is 3. The molecule has 0 aliphatic heterocycles. The average Bonchev–Trinajstić information content (AvgIpc) is 3.31. The number of benzene rings is 6. The Hall–Kier alpha value is -3.37. The van der Waals surface area contributed by atoms with Crippen molar-refractivity contribution < 1.29 is 63.2 Å². The fraction of sp³-hybridized carbons (Fsp3) is 0.245. The zero-order valence-corrected chi connectivity index (χ0v) is 43.2. The summed E-state index contributed by atoms with van der Waals surface area (Å²) < 4.78 is 91.0. The van der Waals surface area contributed by atoms with Gasteiger partial charge in [0.2, 0.25) is 0 Å². The van der Waals surface area contributed by atoms with E-state index in [1.54, 1.807) is 0 Å². The van der Waals surface area contributed by atoms with Crippen LogP contribution in [0, 0.1) is 0 Å². The summed E-state index contributed by atoms with van der Waals surface area (Å²) in [7, 11) is -13.0. The van der Waals surface area contributed by atoms with Crippen molar-refractivity contribution >= 4 is 92.7 Å². The molecule has 355 valence electrons. The van der Waals surface area contributed by atoms with Crippen LogP contribution in [0.4, 0.5) is 0 Å². The molecule has 6 rings (SSSR count). The monoisotopic (exact) mass is 1100 g/mol. The summed E-state index contributed by atoms with van der Waals surface area (Å²) in [6, 6.07) is 61.9. The first-order valence-corrected chi connectivity index (χ1v) is 30.3. The number of hydrogen-bond acceptors (Lipinski definition) is 7. The Morgan fingerprint density at radius 2 is 0.455 bits per heavy atom. The van der Waals surface area contributed by atoms with Gasteiger partial charge in [-0.25, -0.2) is 0 Å². The van der Waals surface area contributed by atoms with Gasteiger partial charge in [-0.05, 0) is 113 Å². The summed E-state index contributed by atoms with van der Waals surface area (Å²) >= 11 is 0. The fourth-order valence-corrected chi connectivity index (χ4v) is 15.5. The number of rotatable bonds is 21. The second kappa shape index (κ2) is 32.4. The second-order valence-corrected chi connectivity index (χ2v) is 26.2. The van der Waals surface area contributed by atoms with E-state index in [1.807, 2.05) is 109 Å². The Labute approximate surface area is 409 Å². The van der Waals surface area contributed by atoms with E-state index >= 15 is 0 Å². The molecule has 0 unspecified atom stereocenters. The summed E-state index contributed by atoms with van der Waals surface area (Å²) in [6.45, 7) is 4.50. The van der Waals surface area contributed by atoms with E-state index in [-0.39, 0.29) is 36.7 Å². The molecule has 0 atom stereocenters. The fourth-order valence-electron chi connectivity index (χ4n) is 6.53. The molecule has 6 aromatic carbocycles. The third-order valence-electron chi connectivity index (χ3n) is 9.51. The van der Waals surface area contributed by atoms with E-state index in [1.165, 1.54) is 31.8 Å². The van der Waals surface area contributed by atoms with Crippen molar-refractivity contribution in [3.8, 4) is 0 Å². The first-order chi connectivity index (χ1) is 31.2.